The molecule has 0 aliphatic rings. The van der Waals surface area contributed by atoms with Crippen LogP contribution in [-0.2, 0) is 9.53 Å². The largest absolute Gasteiger partial charge is 0.480 e. The number of nitrogens with zero attached hydrogens (tertiary/aromatic N) is 1. The molecule has 3 unspecified atom stereocenters. The second kappa shape index (κ2) is 10.1. The molecule has 0 amide bonds. The molecule has 0 aromatic rings. The summed E-state index contributed by atoms with van der Waals surface area (Å²) in [4.78, 5) is 14.0. The molecule has 21 heavy (non-hydrogen) atoms. The van der Waals surface area contributed by atoms with Crippen LogP contribution < -0.4 is 5.32 Å². The van der Waals surface area contributed by atoms with Gasteiger partial charge in [-0.15, -0.1) is 0 Å². The van der Waals surface area contributed by atoms with Crippen LogP contribution >= 0.6 is 0 Å². The lowest BCUT2D eigenvalue weighted by Crippen LogP contribution is -2.55. The summed E-state index contributed by atoms with van der Waals surface area (Å²) in [5.74, 6) is -0.779. The van der Waals surface area contributed by atoms with Crippen molar-refractivity contribution in [3.63, 3.8) is 0 Å². The average molecular weight is 302 g/mol. The van der Waals surface area contributed by atoms with Crippen LogP contribution in [0.4, 0.5) is 0 Å². The van der Waals surface area contributed by atoms with E-state index in [-0.39, 0.29) is 6.04 Å². The van der Waals surface area contributed by atoms with Crippen molar-refractivity contribution in [3.05, 3.63) is 0 Å². The first-order valence-electron chi connectivity index (χ1n) is 8.05. The van der Waals surface area contributed by atoms with Gasteiger partial charge in [-0.1, -0.05) is 13.8 Å². The quantitative estimate of drug-likeness (QED) is 0.579. The molecule has 0 saturated heterocycles. The molecule has 0 rings (SSSR count). The standard InChI is InChI=1S/C16H34N2O3/c1-7-9-17-16(5,15(19)20)12-14(4)18(10-11-21-6)13(3)8-2/h13-14,17H,7-12H2,1-6H3,(H,19,20). The molecule has 0 spiro atoms. The van der Waals surface area contributed by atoms with Crippen molar-refractivity contribution in [2.45, 2.75) is 71.5 Å². The molecule has 0 aromatic carbocycles. The third-order valence-electron chi connectivity index (χ3n) is 4.22. The van der Waals surface area contributed by atoms with Crippen LogP contribution in [0, 0.1) is 0 Å². The average Bonchev–Trinajstić information content (AvgIpc) is 2.44. The van der Waals surface area contributed by atoms with E-state index in [2.05, 4.69) is 31.0 Å². The molecule has 126 valence electrons. The Hall–Kier alpha value is -0.650. The number of rotatable bonds is 12. The molecule has 0 bridgehead atoms. The van der Waals surface area contributed by atoms with Crippen LogP contribution in [0.3, 0.4) is 0 Å². The Morgan fingerprint density at radius 2 is 1.95 bits per heavy atom. The molecule has 5 nitrogen and oxygen atoms in total. The highest BCUT2D eigenvalue weighted by atomic mass is 16.5. The first-order chi connectivity index (χ1) is 9.82. The van der Waals surface area contributed by atoms with Crippen molar-refractivity contribution in [3.8, 4) is 0 Å². The van der Waals surface area contributed by atoms with Crippen molar-refractivity contribution in [1.29, 1.82) is 0 Å². The molecule has 0 aliphatic heterocycles. The van der Waals surface area contributed by atoms with Gasteiger partial charge in [0.15, 0.2) is 0 Å². The van der Waals surface area contributed by atoms with Crippen LogP contribution in [0.5, 0.6) is 0 Å². The molecule has 2 N–H and O–H groups in total. The predicted molar refractivity (Wildman–Crippen MR) is 86.7 cm³/mol. The van der Waals surface area contributed by atoms with Gasteiger partial charge in [-0.25, -0.2) is 0 Å². The first kappa shape index (κ1) is 20.3. The van der Waals surface area contributed by atoms with Gasteiger partial charge in [0.1, 0.15) is 5.54 Å². The Bertz CT molecular complexity index is 299. The maximum absolute atomic E-state index is 11.6. The zero-order chi connectivity index (χ0) is 16.5. The Kier molecular flexibility index (Phi) is 9.83. The van der Waals surface area contributed by atoms with Crippen LogP contribution in [0.1, 0.15) is 53.9 Å². The lowest BCUT2D eigenvalue weighted by Gasteiger charge is -2.38. The summed E-state index contributed by atoms with van der Waals surface area (Å²) < 4.78 is 5.19. The number of carboxylic acids is 1. The van der Waals surface area contributed by atoms with Crippen LogP contribution in [-0.4, -0.2) is 60.4 Å². The number of aliphatic carboxylic acids is 1. The van der Waals surface area contributed by atoms with Gasteiger partial charge < -0.3 is 15.2 Å². The number of carboxylic acid groups (broad SMARTS) is 1. The summed E-state index contributed by atoms with van der Waals surface area (Å²) >= 11 is 0. The number of ether oxygens (including phenoxy) is 1. The first-order valence-corrected chi connectivity index (χ1v) is 8.05. The Labute approximate surface area is 130 Å². The fraction of sp³-hybridized carbons (Fsp3) is 0.938. The highest BCUT2D eigenvalue weighted by Gasteiger charge is 2.36. The minimum Gasteiger partial charge on any atom is -0.480 e. The van der Waals surface area contributed by atoms with E-state index in [1.807, 2.05) is 6.92 Å². The smallest absolute Gasteiger partial charge is 0.323 e. The van der Waals surface area contributed by atoms with Crippen molar-refractivity contribution in [2.75, 3.05) is 26.8 Å². The van der Waals surface area contributed by atoms with E-state index in [1.165, 1.54) is 0 Å². The van der Waals surface area contributed by atoms with Gasteiger partial charge in [0.05, 0.1) is 6.61 Å². The highest BCUT2D eigenvalue weighted by Crippen LogP contribution is 2.20. The van der Waals surface area contributed by atoms with Crippen molar-refractivity contribution in [2.24, 2.45) is 0 Å². The number of hydrogen-bond acceptors (Lipinski definition) is 4. The van der Waals surface area contributed by atoms with Gasteiger partial charge in [-0.2, -0.15) is 0 Å². The molecule has 3 atom stereocenters. The van der Waals surface area contributed by atoms with Gasteiger partial charge in [0.2, 0.25) is 0 Å². The SMILES string of the molecule is CCCNC(C)(CC(C)N(CCOC)C(C)CC)C(=O)O. The van der Waals surface area contributed by atoms with Crippen molar-refractivity contribution in [1.82, 2.24) is 10.2 Å². The van der Waals surface area contributed by atoms with Gasteiger partial charge in [-0.05, 0) is 46.6 Å². The normalized spacial score (nSPS) is 17.5. The summed E-state index contributed by atoms with van der Waals surface area (Å²) in [7, 11) is 1.70. The van der Waals surface area contributed by atoms with E-state index in [0.717, 1.165) is 25.9 Å². The second-order valence-electron chi connectivity index (χ2n) is 6.11. The number of nitrogens with one attached hydrogen (secondary N) is 1. The van der Waals surface area contributed by atoms with Gasteiger partial charge in [0, 0.05) is 25.7 Å². The molecule has 5 heteroatoms. The van der Waals surface area contributed by atoms with E-state index in [9.17, 15) is 9.90 Å². The third-order valence-corrected chi connectivity index (χ3v) is 4.22. The van der Waals surface area contributed by atoms with Gasteiger partial charge in [-0.3, -0.25) is 9.69 Å². The zero-order valence-corrected chi connectivity index (χ0v) is 14.6. The second-order valence-corrected chi connectivity index (χ2v) is 6.11. The minimum atomic E-state index is -0.881. The van der Waals surface area contributed by atoms with Gasteiger partial charge >= 0.3 is 5.97 Å². The molecule has 0 fully saturated rings. The maximum atomic E-state index is 11.6. The fourth-order valence-electron chi connectivity index (χ4n) is 2.65. The lowest BCUT2D eigenvalue weighted by molar-refractivity contribution is -0.145. The van der Waals surface area contributed by atoms with E-state index >= 15 is 0 Å². The number of hydrogen-bond donors (Lipinski definition) is 2. The van der Waals surface area contributed by atoms with Crippen LogP contribution in [0.2, 0.25) is 0 Å². The lowest BCUT2D eigenvalue weighted by atomic mass is 9.92. The zero-order valence-electron chi connectivity index (χ0n) is 14.6. The summed E-state index contributed by atoms with van der Waals surface area (Å²) in [5, 5.41) is 12.7. The molecule has 0 aromatic heterocycles. The Balaban J connectivity index is 4.88. The Morgan fingerprint density at radius 1 is 1.33 bits per heavy atom. The highest BCUT2D eigenvalue weighted by molar-refractivity contribution is 5.78. The minimum absolute atomic E-state index is 0.181. The third kappa shape index (κ3) is 6.76. The summed E-state index contributed by atoms with van der Waals surface area (Å²) in [6.45, 7) is 12.5. The molecule has 0 aliphatic carbocycles. The topological polar surface area (TPSA) is 61.8 Å². The molecular weight excluding hydrogens is 268 g/mol. The molecule has 0 radical (unpaired) electrons. The van der Waals surface area contributed by atoms with E-state index < -0.39 is 11.5 Å². The van der Waals surface area contributed by atoms with E-state index in [0.29, 0.717) is 19.1 Å². The molecular formula is C16H34N2O3. The maximum Gasteiger partial charge on any atom is 0.323 e. The van der Waals surface area contributed by atoms with Crippen LogP contribution in [0.25, 0.3) is 0 Å². The number of carbonyl (C=O) groups is 1. The Morgan fingerprint density at radius 3 is 2.38 bits per heavy atom. The molecule has 0 saturated carbocycles. The summed E-state index contributed by atoms with van der Waals surface area (Å²) in [6, 6.07) is 0.597. The van der Waals surface area contributed by atoms with E-state index in [1.54, 1.807) is 14.0 Å². The van der Waals surface area contributed by atoms with Crippen molar-refractivity contribution >= 4 is 5.97 Å². The van der Waals surface area contributed by atoms with Gasteiger partial charge in [0.25, 0.3) is 0 Å². The van der Waals surface area contributed by atoms with Crippen molar-refractivity contribution < 1.29 is 14.6 Å². The predicted octanol–water partition coefficient (Wildman–Crippen LogP) is 2.35. The fourth-order valence-corrected chi connectivity index (χ4v) is 2.65. The van der Waals surface area contributed by atoms with E-state index in [4.69, 9.17) is 4.74 Å². The summed E-state index contributed by atoms with van der Waals surface area (Å²) in [6.07, 6.45) is 2.55. The number of methoxy groups -OCH3 is 1. The monoisotopic (exact) mass is 302 g/mol. The summed E-state index contributed by atoms with van der Waals surface area (Å²) in [5.41, 5.74) is -0.881. The van der Waals surface area contributed by atoms with Crippen LogP contribution in [0.15, 0.2) is 0 Å². The molecule has 0 heterocycles.